The summed E-state index contributed by atoms with van der Waals surface area (Å²) in [5, 5.41) is 10.2. The van der Waals surface area contributed by atoms with Crippen LogP contribution in [0.2, 0.25) is 0 Å². The zero-order valence-electron chi connectivity index (χ0n) is 14.6. The summed E-state index contributed by atoms with van der Waals surface area (Å²) in [4.78, 5) is 9.22. The molecule has 1 N–H and O–H groups in total. The molecule has 0 aromatic heterocycles. The molecule has 1 atom stereocenters. The van der Waals surface area contributed by atoms with E-state index in [4.69, 9.17) is 4.74 Å². The van der Waals surface area contributed by atoms with Crippen LogP contribution in [0.1, 0.15) is 46.5 Å². The first-order chi connectivity index (χ1) is 10.5. The average molecular weight is 311 g/mol. The Kier molecular flexibility index (Phi) is 6.50. The third-order valence-electron chi connectivity index (χ3n) is 4.22. The molecule has 2 heterocycles. The van der Waals surface area contributed by atoms with Crippen molar-refractivity contribution in [2.24, 2.45) is 10.4 Å². The molecule has 0 spiro atoms. The highest BCUT2D eigenvalue weighted by Gasteiger charge is 2.26. The quantitative estimate of drug-likeness (QED) is 0.730. The van der Waals surface area contributed by atoms with Gasteiger partial charge in [-0.15, -0.1) is 0 Å². The molecule has 22 heavy (non-hydrogen) atoms. The second-order valence-electron chi connectivity index (χ2n) is 7.71. The summed E-state index contributed by atoms with van der Waals surface area (Å²) < 4.78 is 5.64. The van der Waals surface area contributed by atoms with Crippen molar-refractivity contribution in [2.45, 2.75) is 52.6 Å². The van der Waals surface area contributed by atoms with Gasteiger partial charge in [0.1, 0.15) is 0 Å². The van der Waals surface area contributed by atoms with Crippen LogP contribution in [0, 0.1) is 5.41 Å². The number of hydrogen-bond acceptors (Lipinski definition) is 5. The molecule has 0 radical (unpaired) electrons. The maximum absolute atomic E-state index is 10.2. The van der Waals surface area contributed by atoms with Crippen LogP contribution in [0.5, 0.6) is 0 Å². The van der Waals surface area contributed by atoms with E-state index in [1.165, 1.54) is 0 Å². The number of ether oxygens (including phenoxy) is 1. The van der Waals surface area contributed by atoms with Crippen molar-refractivity contribution in [3.8, 4) is 0 Å². The molecule has 2 aliphatic rings. The summed E-state index contributed by atoms with van der Waals surface area (Å²) >= 11 is 0. The second-order valence-corrected chi connectivity index (χ2v) is 7.71. The van der Waals surface area contributed by atoms with E-state index >= 15 is 0 Å². The van der Waals surface area contributed by atoms with E-state index in [1.807, 2.05) is 0 Å². The Bertz CT molecular complexity index is 365. The largest absolute Gasteiger partial charge is 0.389 e. The van der Waals surface area contributed by atoms with Crippen LogP contribution in [0.4, 0.5) is 0 Å². The molecule has 1 saturated heterocycles. The first kappa shape index (κ1) is 17.5. The normalized spacial score (nSPS) is 20.6. The van der Waals surface area contributed by atoms with E-state index in [2.05, 4.69) is 35.6 Å². The molecular formula is C17H33N3O2. The number of hydrogen-bond donors (Lipinski definition) is 1. The zero-order valence-corrected chi connectivity index (χ0v) is 14.6. The van der Waals surface area contributed by atoms with Crippen molar-refractivity contribution in [1.29, 1.82) is 0 Å². The minimum atomic E-state index is -0.431. The molecule has 0 amide bonds. The smallest absolute Gasteiger partial charge is 0.196 e. The van der Waals surface area contributed by atoms with Gasteiger partial charge in [0.25, 0.3) is 0 Å². The molecule has 5 heteroatoms. The van der Waals surface area contributed by atoms with Gasteiger partial charge >= 0.3 is 0 Å². The summed E-state index contributed by atoms with van der Waals surface area (Å²) in [6.45, 7) is 12.7. The van der Waals surface area contributed by atoms with Crippen molar-refractivity contribution >= 4 is 5.96 Å². The van der Waals surface area contributed by atoms with Gasteiger partial charge < -0.3 is 19.6 Å². The molecule has 0 aromatic carbocycles. The monoisotopic (exact) mass is 311 g/mol. The predicted molar refractivity (Wildman–Crippen MR) is 90.2 cm³/mol. The fourth-order valence-electron chi connectivity index (χ4n) is 3.11. The Labute approximate surface area is 135 Å². The molecule has 0 bridgehead atoms. The van der Waals surface area contributed by atoms with Gasteiger partial charge in [0.2, 0.25) is 0 Å². The molecule has 5 nitrogen and oxygen atoms in total. The highest BCUT2D eigenvalue weighted by Crippen LogP contribution is 2.20. The number of β-amino-alcohol motifs (C(OH)–C–C–N with tert-alkyl or cyclic N) is 1. The van der Waals surface area contributed by atoms with Gasteiger partial charge in [0, 0.05) is 39.3 Å². The lowest BCUT2D eigenvalue weighted by molar-refractivity contribution is 0.0194. The molecule has 2 rings (SSSR count). The Morgan fingerprint density at radius 2 is 2.00 bits per heavy atom. The van der Waals surface area contributed by atoms with E-state index in [9.17, 15) is 5.11 Å². The second kappa shape index (κ2) is 8.16. The number of aliphatic hydroxyl groups excluding tert-OH is 1. The van der Waals surface area contributed by atoms with E-state index in [0.29, 0.717) is 18.6 Å². The number of fused-ring (bicyclic) bond motifs is 1. The molecule has 128 valence electrons. The predicted octanol–water partition coefficient (Wildman–Crippen LogP) is 1.96. The van der Waals surface area contributed by atoms with E-state index in [1.54, 1.807) is 0 Å². The molecule has 1 unspecified atom stereocenters. The van der Waals surface area contributed by atoms with Gasteiger partial charge in [-0.05, 0) is 31.1 Å². The third kappa shape index (κ3) is 5.76. The third-order valence-corrected chi connectivity index (χ3v) is 4.22. The number of aliphatic hydroxyl groups is 1. The van der Waals surface area contributed by atoms with Crippen molar-refractivity contribution in [2.75, 3.05) is 45.9 Å². The Balaban J connectivity index is 1.66. The Morgan fingerprint density at radius 1 is 1.23 bits per heavy atom. The Morgan fingerprint density at radius 3 is 2.77 bits per heavy atom. The van der Waals surface area contributed by atoms with Gasteiger partial charge in [-0.25, -0.2) is 0 Å². The van der Waals surface area contributed by atoms with Crippen LogP contribution in [0.3, 0.4) is 0 Å². The van der Waals surface area contributed by atoms with Crippen LogP contribution < -0.4 is 0 Å². The van der Waals surface area contributed by atoms with E-state index in [-0.39, 0.29) is 0 Å². The van der Waals surface area contributed by atoms with Gasteiger partial charge in [0.05, 0.1) is 12.7 Å². The SMILES string of the molecule is CC(C)(C)CCCOCC(O)CN1CCCN2CCCN=C21. The first-order valence-corrected chi connectivity index (χ1v) is 8.76. The Hall–Kier alpha value is -0.810. The number of nitrogens with zero attached hydrogens (tertiary/aromatic N) is 3. The molecule has 0 saturated carbocycles. The van der Waals surface area contributed by atoms with Crippen molar-refractivity contribution in [1.82, 2.24) is 9.80 Å². The van der Waals surface area contributed by atoms with Gasteiger partial charge in [0.15, 0.2) is 5.96 Å². The molecule has 0 aromatic rings. The zero-order chi connectivity index (χ0) is 16.0. The summed E-state index contributed by atoms with van der Waals surface area (Å²) in [5.74, 6) is 1.09. The van der Waals surface area contributed by atoms with Crippen LogP contribution in [-0.4, -0.2) is 72.9 Å². The average Bonchev–Trinajstić information content (AvgIpc) is 2.46. The fraction of sp³-hybridized carbons (Fsp3) is 0.941. The standard InChI is InChI=1S/C17H33N3O2/c1-17(2,3)7-4-12-22-14-15(21)13-20-11-6-10-19-9-5-8-18-16(19)20/h15,21H,4-14H2,1-3H3. The summed E-state index contributed by atoms with van der Waals surface area (Å²) in [6, 6.07) is 0. The lowest BCUT2D eigenvalue weighted by atomic mass is 9.91. The van der Waals surface area contributed by atoms with Gasteiger partial charge in [-0.2, -0.15) is 0 Å². The summed E-state index contributed by atoms with van der Waals surface area (Å²) in [6.07, 6.45) is 4.08. The maximum Gasteiger partial charge on any atom is 0.196 e. The number of aliphatic imine (C=N–C) groups is 1. The molecule has 0 aliphatic carbocycles. The van der Waals surface area contributed by atoms with Crippen molar-refractivity contribution < 1.29 is 9.84 Å². The van der Waals surface area contributed by atoms with Crippen molar-refractivity contribution in [3.05, 3.63) is 0 Å². The van der Waals surface area contributed by atoms with Crippen LogP contribution in [0.25, 0.3) is 0 Å². The molecule has 2 aliphatic heterocycles. The molecular weight excluding hydrogens is 278 g/mol. The fourth-order valence-corrected chi connectivity index (χ4v) is 3.11. The summed E-state index contributed by atoms with van der Waals surface area (Å²) in [7, 11) is 0. The maximum atomic E-state index is 10.2. The van der Waals surface area contributed by atoms with Gasteiger partial charge in [-0.1, -0.05) is 20.8 Å². The number of guanidine groups is 1. The van der Waals surface area contributed by atoms with Crippen molar-refractivity contribution in [3.63, 3.8) is 0 Å². The van der Waals surface area contributed by atoms with Crippen LogP contribution in [0.15, 0.2) is 4.99 Å². The highest BCUT2D eigenvalue weighted by molar-refractivity contribution is 5.81. The first-order valence-electron chi connectivity index (χ1n) is 8.76. The lowest BCUT2D eigenvalue weighted by Gasteiger charge is -2.41. The molecule has 1 fully saturated rings. The summed E-state index contributed by atoms with van der Waals surface area (Å²) in [5.41, 5.74) is 0.359. The minimum absolute atomic E-state index is 0.359. The highest BCUT2D eigenvalue weighted by atomic mass is 16.5. The lowest BCUT2D eigenvalue weighted by Crippen LogP contribution is -2.54. The topological polar surface area (TPSA) is 48.3 Å². The van der Waals surface area contributed by atoms with Gasteiger partial charge in [-0.3, -0.25) is 4.99 Å². The van der Waals surface area contributed by atoms with Crippen LogP contribution >= 0.6 is 0 Å². The minimum Gasteiger partial charge on any atom is -0.389 e. The van der Waals surface area contributed by atoms with E-state index < -0.39 is 6.10 Å². The van der Waals surface area contributed by atoms with Crippen LogP contribution in [-0.2, 0) is 4.74 Å². The number of rotatable bonds is 7. The van der Waals surface area contributed by atoms with E-state index in [0.717, 1.165) is 64.4 Å².